The fourth-order valence-corrected chi connectivity index (χ4v) is 1.04. The minimum atomic E-state index is -1.47. The maximum absolute atomic E-state index is 11.4. The van der Waals surface area contributed by atoms with Gasteiger partial charge in [-0.1, -0.05) is 0 Å². The van der Waals surface area contributed by atoms with Crippen LogP contribution in [-0.2, 0) is 23.9 Å². The molecule has 102 valence electrons. The summed E-state index contributed by atoms with van der Waals surface area (Å²) in [6.07, 6.45) is -0.961. The highest BCUT2D eigenvalue weighted by Gasteiger charge is 2.26. The van der Waals surface area contributed by atoms with Gasteiger partial charge in [-0.2, -0.15) is 0 Å². The molecule has 0 fully saturated rings. The van der Waals surface area contributed by atoms with Crippen molar-refractivity contribution in [2.24, 2.45) is 11.5 Å². The molecular formula is C9H15N3O6. The lowest BCUT2D eigenvalue weighted by Gasteiger charge is -2.16. The average molecular weight is 261 g/mol. The number of primary amides is 1. The van der Waals surface area contributed by atoms with Gasteiger partial charge in [0.15, 0.2) is 0 Å². The van der Waals surface area contributed by atoms with Crippen molar-refractivity contribution in [3.63, 3.8) is 0 Å². The van der Waals surface area contributed by atoms with E-state index in [1.165, 1.54) is 0 Å². The van der Waals surface area contributed by atoms with Crippen LogP contribution in [0.1, 0.15) is 12.8 Å². The summed E-state index contributed by atoms with van der Waals surface area (Å²) in [5.74, 6) is -3.89. The molecule has 2 amide bonds. The Morgan fingerprint density at radius 3 is 2.22 bits per heavy atom. The van der Waals surface area contributed by atoms with Gasteiger partial charge in [0, 0.05) is 0 Å². The van der Waals surface area contributed by atoms with Crippen LogP contribution in [0.15, 0.2) is 0 Å². The molecule has 0 bridgehead atoms. The molecule has 0 rings (SSSR count). The molecule has 2 atom stereocenters. The number of rotatable bonds is 7. The Bertz CT molecular complexity index is 356. The lowest BCUT2D eigenvalue weighted by atomic mass is 10.1. The van der Waals surface area contributed by atoms with Crippen LogP contribution < -0.4 is 16.8 Å². The molecule has 6 N–H and O–H groups in total. The quantitative estimate of drug-likeness (QED) is 0.363. The zero-order chi connectivity index (χ0) is 14.3. The summed E-state index contributed by atoms with van der Waals surface area (Å²) in [6, 6.07) is -2.73. The summed E-state index contributed by atoms with van der Waals surface area (Å²) < 4.78 is 4.28. The molecule has 18 heavy (non-hydrogen) atoms. The molecule has 9 heteroatoms. The minimum Gasteiger partial charge on any atom is -0.480 e. The molecule has 0 saturated carbocycles. The maximum atomic E-state index is 11.4. The molecule has 0 aliphatic rings. The van der Waals surface area contributed by atoms with E-state index in [0.29, 0.717) is 0 Å². The fourth-order valence-electron chi connectivity index (χ4n) is 1.04. The summed E-state index contributed by atoms with van der Waals surface area (Å²) in [5.41, 5.74) is 10.1. The maximum Gasteiger partial charge on any atom is 0.326 e. The van der Waals surface area contributed by atoms with Crippen molar-refractivity contribution in [2.75, 3.05) is 7.11 Å². The number of methoxy groups -OCH3 is 1. The third-order valence-corrected chi connectivity index (χ3v) is 1.97. The SMILES string of the molecule is COC(=O)C[C@H](NC(=O)C(N)CC(N)=O)C(=O)O. The van der Waals surface area contributed by atoms with Gasteiger partial charge in [-0.25, -0.2) is 4.79 Å². The van der Waals surface area contributed by atoms with Gasteiger partial charge in [0.25, 0.3) is 0 Å². The number of hydrogen-bond acceptors (Lipinski definition) is 6. The summed E-state index contributed by atoms with van der Waals surface area (Å²) in [5, 5.41) is 10.8. The molecule has 0 aromatic rings. The number of hydrogen-bond donors (Lipinski definition) is 4. The minimum absolute atomic E-state index is 0.420. The lowest BCUT2D eigenvalue weighted by molar-refractivity contribution is -0.149. The summed E-state index contributed by atoms with van der Waals surface area (Å²) in [7, 11) is 1.09. The van der Waals surface area contributed by atoms with E-state index in [9.17, 15) is 19.2 Å². The van der Waals surface area contributed by atoms with E-state index in [-0.39, 0.29) is 0 Å². The first-order valence-corrected chi connectivity index (χ1v) is 4.91. The number of amides is 2. The van der Waals surface area contributed by atoms with Crippen molar-refractivity contribution >= 4 is 23.8 Å². The van der Waals surface area contributed by atoms with Gasteiger partial charge < -0.3 is 26.6 Å². The van der Waals surface area contributed by atoms with Crippen molar-refractivity contribution in [3.8, 4) is 0 Å². The first kappa shape index (κ1) is 15.8. The van der Waals surface area contributed by atoms with E-state index < -0.39 is 48.7 Å². The van der Waals surface area contributed by atoms with Crippen LogP contribution in [0.3, 0.4) is 0 Å². The van der Waals surface area contributed by atoms with Crippen LogP contribution in [0.2, 0.25) is 0 Å². The van der Waals surface area contributed by atoms with Crippen LogP contribution in [0.4, 0.5) is 0 Å². The number of carbonyl (C=O) groups excluding carboxylic acids is 3. The summed E-state index contributed by atoms with van der Waals surface area (Å²) in [4.78, 5) is 43.6. The van der Waals surface area contributed by atoms with Crippen molar-refractivity contribution < 1.29 is 29.0 Å². The van der Waals surface area contributed by atoms with Gasteiger partial charge in [0.2, 0.25) is 11.8 Å². The molecule has 0 saturated heterocycles. The molecule has 1 unspecified atom stereocenters. The fraction of sp³-hybridized carbons (Fsp3) is 0.556. The number of nitrogens with one attached hydrogen (secondary N) is 1. The molecule has 0 radical (unpaired) electrons. The second kappa shape index (κ2) is 7.22. The second-order valence-electron chi connectivity index (χ2n) is 3.46. The second-order valence-corrected chi connectivity index (χ2v) is 3.46. The zero-order valence-corrected chi connectivity index (χ0v) is 9.71. The highest BCUT2D eigenvalue weighted by molar-refractivity contribution is 5.91. The Morgan fingerprint density at radius 2 is 1.83 bits per heavy atom. The third kappa shape index (κ3) is 5.80. The Balaban J connectivity index is 4.49. The predicted octanol–water partition coefficient (Wildman–Crippen LogP) is -2.68. The van der Waals surface area contributed by atoms with Crippen LogP contribution in [0.5, 0.6) is 0 Å². The van der Waals surface area contributed by atoms with Gasteiger partial charge in [-0.15, -0.1) is 0 Å². The molecule has 0 heterocycles. The Labute approximate surface area is 102 Å². The highest BCUT2D eigenvalue weighted by Crippen LogP contribution is 1.97. The molecule has 0 spiro atoms. The zero-order valence-electron chi connectivity index (χ0n) is 9.71. The molecule has 0 aromatic carbocycles. The van der Waals surface area contributed by atoms with Crippen LogP contribution in [0, 0.1) is 0 Å². The number of aliphatic carboxylic acids is 1. The van der Waals surface area contributed by atoms with Crippen LogP contribution >= 0.6 is 0 Å². The molecule has 0 aromatic heterocycles. The van der Waals surface area contributed by atoms with Crippen molar-refractivity contribution in [3.05, 3.63) is 0 Å². The highest BCUT2D eigenvalue weighted by atomic mass is 16.5. The molecule has 0 aliphatic heterocycles. The number of esters is 1. The Kier molecular flexibility index (Phi) is 6.35. The number of carbonyl (C=O) groups is 4. The normalized spacial score (nSPS) is 13.2. The molecule has 9 nitrogen and oxygen atoms in total. The first-order valence-electron chi connectivity index (χ1n) is 4.91. The number of carboxylic acid groups (broad SMARTS) is 1. The number of carboxylic acids is 1. The van der Waals surface area contributed by atoms with Gasteiger partial charge in [-0.3, -0.25) is 14.4 Å². The largest absolute Gasteiger partial charge is 0.480 e. The summed E-state index contributed by atoms with van der Waals surface area (Å²) in [6.45, 7) is 0. The van der Waals surface area contributed by atoms with E-state index in [1.54, 1.807) is 0 Å². The summed E-state index contributed by atoms with van der Waals surface area (Å²) >= 11 is 0. The Morgan fingerprint density at radius 1 is 1.28 bits per heavy atom. The average Bonchev–Trinajstić information content (AvgIpc) is 2.26. The van der Waals surface area contributed by atoms with Gasteiger partial charge in [0.05, 0.1) is 26.0 Å². The third-order valence-electron chi connectivity index (χ3n) is 1.97. The van der Waals surface area contributed by atoms with E-state index in [4.69, 9.17) is 16.6 Å². The van der Waals surface area contributed by atoms with E-state index in [2.05, 4.69) is 4.74 Å². The van der Waals surface area contributed by atoms with Gasteiger partial charge in [-0.05, 0) is 0 Å². The monoisotopic (exact) mass is 261 g/mol. The van der Waals surface area contributed by atoms with Crippen molar-refractivity contribution in [1.82, 2.24) is 5.32 Å². The smallest absolute Gasteiger partial charge is 0.326 e. The van der Waals surface area contributed by atoms with Gasteiger partial charge >= 0.3 is 11.9 Å². The molecular weight excluding hydrogens is 246 g/mol. The number of ether oxygens (including phenoxy) is 1. The standard InChI is InChI=1S/C9H15N3O6/c1-18-7(14)3-5(9(16)17)12-8(15)4(10)2-6(11)13/h4-5H,2-3,10H2,1H3,(H2,11,13)(H,12,15)(H,16,17)/t4?,5-/m0/s1. The predicted molar refractivity (Wildman–Crippen MR) is 58.0 cm³/mol. The van der Waals surface area contributed by atoms with E-state index in [0.717, 1.165) is 7.11 Å². The van der Waals surface area contributed by atoms with Gasteiger partial charge in [0.1, 0.15) is 6.04 Å². The topological polar surface area (TPSA) is 162 Å². The van der Waals surface area contributed by atoms with Crippen molar-refractivity contribution in [2.45, 2.75) is 24.9 Å². The molecule has 0 aliphatic carbocycles. The van der Waals surface area contributed by atoms with Crippen LogP contribution in [0.25, 0.3) is 0 Å². The van der Waals surface area contributed by atoms with E-state index in [1.807, 2.05) is 5.32 Å². The first-order chi connectivity index (χ1) is 8.27. The number of nitrogens with two attached hydrogens (primary N) is 2. The van der Waals surface area contributed by atoms with E-state index >= 15 is 0 Å². The van der Waals surface area contributed by atoms with Crippen LogP contribution in [-0.4, -0.2) is 48.1 Å². The van der Waals surface area contributed by atoms with Crippen molar-refractivity contribution in [1.29, 1.82) is 0 Å². The Hall–Kier alpha value is -2.16. The lowest BCUT2D eigenvalue weighted by Crippen LogP contribution is -2.50.